The number of rotatable bonds is 15. The van der Waals surface area contributed by atoms with Gasteiger partial charge in [0.05, 0.1) is 6.61 Å². The Bertz CT molecular complexity index is 508. The van der Waals surface area contributed by atoms with E-state index in [1.807, 2.05) is 0 Å². The van der Waals surface area contributed by atoms with E-state index in [1.54, 1.807) is 6.92 Å². The van der Waals surface area contributed by atoms with Crippen LogP contribution >= 0.6 is 0 Å². The van der Waals surface area contributed by atoms with Gasteiger partial charge in [0, 0.05) is 25.7 Å². The third-order valence-electron chi connectivity index (χ3n) is 3.31. The number of esters is 1. The Morgan fingerprint density at radius 2 is 1.20 bits per heavy atom. The van der Waals surface area contributed by atoms with Crippen LogP contribution in [0.1, 0.15) is 19.8 Å². The molecule has 0 rings (SSSR count). The Balaban J connectivity index is 4.72. The van der Waals surface area contributed by atoms with Crippen molar-refractivity contribution >= 4 is 39.7 Å². The normalized spacial score (nSPS) is 14.1. The second-order valence-electron chi connectivity index (χ2n) is 10.2. The van der Waals surface area contributed by atoms with Crippen molar-refractivity contribution in [3.8, 4) is 0 Å². The number of ether oxygens (including phenoxy) is 2. The number of aliphatic hydroxyl groups excluding tert-OH is 1. The fourth-order valence-electron chi connectivity index (χ4n) is 2.63. The minimum absolute atomic E-state index is 0.214. The molecule has 0 aliphatic heterocycles. The van der Waals surface area contributed by atoms with Gasteiger partial charge < -0.3 is 26.9 Å². The molecule has 0 aliphatic carbocycles. The van der Waals surface area contributed by atoms with Gasteiger partial charge in [-0.2, -0.15) is 0 Å². The summed E-state index contributed by atoms with van der Waals surface area (Å²) in [5, 5.41) is 9.25. The number of hydrogen-bond acceptors (Lipinski definition) is 7. The Hall–Kier alpha value is -0.282. The summed E-state index contributed by atoms with van der Waals surface area (Å²) < 4.78 is 30.6. The minimum Gasteiger partial charge on any atom is -0.502 e. The molecule has 0 bridgehead atoms. The highest BCUT2D eigenvalue weighted by Gasteiger charge is 2.49. The molecule has 0 saturated heterocycles. The van der Waals surface area contributed by atoms with Crippen LogP contribution in [0.2, 0.25) is 65.0 Å². The molecule has 0 saturated carbocycles. The maximum Gasteiger partial charge on any atom is 0.469 e. The van der Waals surface area contributed by atoms with Crippen LogP contribution in [0, 0.1) is 0 Å². The summed E-state index contributed by atoms with van der Waals surface area (Å²) in [5.41, 5.74) is 0. The van der Waals surface area contributed by atoms with Crippen molar-refractivity contribution in [1.82, 2.24) is 0 Å². The van der Waals surface area contributed by atoms with Crippen molar-refractivity contribution in [2.24, 2.45) is 0 Å². The van der Waals surface area contributed by atoms with E-state index in [-0.39, 0.29) is 12.4 Å². The molecular weight excluding hydrogens is 453 g/mol. The van der Waals surface area contributed by atoms with Crippen LogP contribution in [0.4, 0.5) is 0 Å². The van der Waals surface area contributed by atoms with Crippen LogP contribution in [-0.2, 0) is 26.6 Å². The van der Waals surface area contributed by atoms with Crippen LogP contribution in [-0.4, -0.2) is 64.7 Å². The third kappa shape index (κ3) is 15.5. The quantitative estimate of drug-likeness (QED) is 0.108. The standard InChI is InChI=1S/C19H44O7Si4/c1-11-18(20)19(21)23-16-12-14-22-15-13-17-30(24-27(2,3)4,25-28(5,6)7)26-29(8,9)10/h11,20H,12-17H2,1-10H3. The molecule has 0 radical (unpaired) electrons. The first kappa shape index (κ1) is 29.7. The largest absolute Gasteiger partial charge is 0.502 e. The second kappa shape index (κ2) is 12.7. The number of carbonyl (C=O) groups is 1. The van der Waals surface area contributed by atoms with Gasteiger partial charge in [-0.1, -0.05) is 0 Å². The maximum absolute atomic E-state index is 11.4. The summed E-state index contributed by atoms with van der Waals surface area (Å²) in [7, 11) is -8.39. The monoisotopic (exact) mass is 496 g/mol. The molecule has 0 atom stereocenters. The number of allylic oxidation sites excluding steroid dienone is 1. The predicted octanol–water partition coefficient (Wildman–Crippen LogP) is 5.28. The molecule has 0 heterocycles. The number of hydrogen-bond donors (Lipinski definition) is 1. The molecule has 1 N–H and O–H groups in total. The molecule has 0 aromatic carbocycles. The highest BCUT2D eigenvalue weighted by atomic mass is 28.5. The van der Waals surface area contributed by atoms with E-state index in [9.17, 15) is 9.90 Å². The van der Waals surface area contributed by atoms with E-state index < -0.39 is 39.7 Å². The fraction of sp³-hybridized carbons (Fsp3) is 0.842. The molecule has 7 nitrogen and oxygen atoms in total. The summed E-state index contributed by atoms with van der Waals surface area (Å²) in [5.74, 6) is -1.08. The van der Waals surface area contributed by atoms with Crippen molar-refractivity contribution in [3.05, 3.63) is 11.8 Å². The summed E-state index contributed by atoms with van der Waals surface area (Å²) in [6.07, 6.45) is 2.68. The molecule has 0 fully saturated rings. The first-order valence-corrected chi connectivity index (χ1v) is 22.8. The SMILES string of the molecule is CC=C(O)C(=O)OCCCOCCC[Si](O[Si](C)(C)C)(O[Si](C)(C)C)O[Si](C)(C)C. The molecular formula is C19H44O7Si4. The van der Waals surface area contributed by atoms with Gasteiger partial charge >= 0.3 is 14.8 Å². The molecule has 30 heavy (non-hydrogen) atoms. The lowest BCUT2D eigenvalue weighted by Crippen LogP contribution is -2.60. The van der Waals surface area contributed by atoms with Gasteiger partial charge in [-0.15, -0.1) is 0 Å². The average Bonchev–Trinajstić information content (AvgIpc) is 2.51. The van der Waals surface area contributed by atoms with Crippen LogP contribution < -0.4 is 0 Å². The Morgan fingerprint density at radius 3 is 1.60 bits per heavy atom. The summed E-state index contributed by atoms with van der Waals surface area (Å²) in [4.78, 5) is 11.4. The highest BCUT2D eigenvalue weighted by molar-refractivity contribution is 6.90. The van der Waals surface area contributed by atoms with Crippen molar-refractivity contribution in [3.63, 3.8) is 0 Å². The molecule has 0 amide bonds. The van der Waals surface area contributed by atoms with Gasteiger partial charge in [0.1, 0.15) is 0 Å². The lowest BCUT2D eigenvalue weighted by atomic mass is 10.4. The molecule has 178 valence electrons. The zero-order chi connectivity index (χ0) is 23.6. The van der Waals surface area contributed by atoms with Crippen molar-refractivity contribution in [2.75, 3.05) is 19.8 Å². The average molecular weight is 497 g/mol. The van der Waals surface area contributed by atoms with E-state index in [2.05, 4.69) is 58.9 Å². The molecule has 0 aliphatic rings. The van der Waals surface area contributed by atoms with Crippen LogP contribution in [0.15, 0.2) is 11.8 Å². The van der Waals surface area contributed by atoms with E-state index in [0.29, 0.717) is 19.6 Å². The highest BCUT2D eigenvalue weighted by Crippen LogP contribution is 2.29. The van der Waals surface area contributed by atoms with Gasteiger partial charge in [-0.3, -0.25) is 0 Å². The Kier molecular flexibility index (Phi) is 12.6. The molecule has 0 aromatic heterocycles. The lowest BCUT2D eigenvalue weighted by molar-refractivity contribution is -0.142. The van der Waals surface area contributed by atoms with Crippen molar-refractivity contribution in [2.45, 2.75) is 84.7 Å². The maximum atomic E-state index is 11.4. The minimum atomic E-state index is -2.81. The van der Waals surface area contributed by atoms with Crippen LogP contribution in [0.3, 0.4) is 0 Å². The zero-order valence-electron chi connectivity index (χ0n) is 20.7. The van der Waals surface area contributed by atoms with E-state index >= 15 is 0 Å². The third-order valence-corrected chi connectivity index (χ3v) is 15.4. The van der Waals surface area contributed by atoms with Gasteiger partial charge in [0.2, 0.25) is 0 Å². The number of aliphatic hydroxyl groups is 1. The van der Waals surface area contributed by atoms with Gasteiger partial charge in [-0.05, 0) is 78.3 Å². The van der Waals surface area contributed by atoms with Crippen LogP contribution in [0.25, 0.3) is 0 Å². The van der Waals surface area contributed by atoms with Crippen LogP contribution in [0.5, 0.6) is 0 Å². The Labute approximate surface area is 187 Å². The lowest BCUT2D eigenvalue weighted by Gasteiger charge is -2.42. The first-order chi connectivity index (χ1) is 13.5. The van der Waals surface area contributed by atoms with Gasteiger partial charge in [0.25, 0.3) is 0 Å². The van der Waals surface area contributed by atoms with E-state index in [4.69, 9.17) is 21.8 Å². The molecule has 0 unspecified atom stereocenters. The van der Waals surface area contributed by atoms with E-state index in [0.717, 1.165) is 12.5 Å². The van der Waals surface area contributed by atoms with E-state index in [1.165, 1.54) is 6.08 Å². The van der Waals surface area contributed by atoms with Crippen molar-refractivity contribution in [1.29, 1.82) is 0 Å². The summed E-state index contributed by atoms with van der Waals surface area (Å²) in [6, 6.07) is 0.746. The predicted molar refractivity (Wildman–Crippen MR) is 131 cm³/mol. The molecule has 11 heteroatoms. The fourth-order valence-corrected chi connectivity index (χ4v) is 17.2. The smallest absolute Gasteiger partial charge is 0.469 e. The Morgan fingerprint density at radius 1 is 0.767 bits per heavy atom. The van der Waals surface area contributed by atoms with Crippen molar-refractivity contribution < 1.29 is 31.7 Å². The topological polar surface area (TPSA) is 83.5 Å². The van der Waals surface area contributed by atoms with Gasteiger partial charge in [-0.25, -0.2) is 4.79 Å². The zero-order valence-corrected chi connectivity index (χ0v) is 24.7. The summed E-state index contributed by atoms with van der Waals surface area (Å²) >= 11 is 0. The summed E-state index contributed by atoms with van der Waals surface area (Å²) in [6.45, 7) is 22.5. The van der Waals surface area contributed by atoms with Gasteiger partial charge in [0.15, 0.2) is 30.7 Å². The second-order valence-corrected chi connectivity index (χ2v) is 27.2. The molecule has 0 aromatic rings. The first-order valence-electron chi connectivity index (χ1n) is 10.7. The number of carbonyl (C=O) groups excluding carboxylic acids is 1. The molecule has 0 spiro atoms.